The van der Waals surface area contributed by atoms with Crippen molar-refractivity contribution in [1.82, 2.24) is 19.8 Å². The number of nitrogens with one attached hydrogen (secondary N) is 1. The topological polar surface area (TPSA) is 56.9 Å². The maximum atomic E-state index is 9.39. The summed E-state index contributed by atoms with van der Waals surface area (Å²) < 4.78 is 2.09. The van der Waals surface area contributed by atoms with E-state index in [1.165, 1.54) is 0 Å². The highest BCUT2D eigenvalue weighted by Gasteiger charge is 2.24. The highest BCUT2D eigenvalue weighted by molar-refractivity contribution is 5.14. The Morgan fingerprint density at radius 1 is 1.53 bits per heavy atom. The number of piperazine rings is 1. The van der Waals surface area contributed by atoms with Crippen LogP contribution >= 0.6 is 0 Å². The standard InChI is InChI=1S/C12H19N5/c1-2-5-17-10-15-9-12(17)11(8-13)16-6-3-14-4-7-16/h9-11,14H,2-7H2,1H3. The van der Waals surface area contributed by atoms with Gasteiger partial charge in [-0.05, 0) is 6.42 Å². The van der Waals surface area contributed by atoms with Gasteiger partial charge < -0.3 is 9.88 Å². The van der Waals surface area contributed by atoms with Crippen LogP contribution in [0.5, 0.6) is 0 Å². The van der Waals surface area contributed by atoms with E-state index in [0.29, 0.717) is 0 Å². The maximum Gasteiger partial charge on any atom is 0.140 e. The zero-order valence-corrected chi connectivity index (χ0v) is 10.3. The van der Waals surface area contributed by atoms with Gasteiger partial charge in [-0.25, -0.2) is 4.98 Å². The Balaban J connectivity index is 2.16. The van der Waals surface area contributed by atoms with E-state index in [4.69, 9.17) is 0 Å². The van der Waals surface area contributed by atoms with E-state index >= 15 is 0 Å². The SMILES string of the molecule is CCCn1cncc1C(C#N)N1CCNCC1. The van der Waals surface area contributed by atoms with E-state index in [0.717, 1.165) is 44.8 Å². The molecule has 0 bridgehead atoms. The van der Waals surface area contributed by atoms with Crippen LogP contribution in [0.25, 0.3) is 0 Å². The van der Waals surface area contributed by atoms with Crippen molar-refractivity contribution in [2.24, 2.45) is 0 Å². The van der Waals surface area contributed by atoms with E-state index in [1.54, 1.807) is 0 Å². The molecule has 1 aliphatic heterocycles. The average molecular weight is 233 g/mol. The largest absolute Gasteiger partial charge is 0.332 e. The quantitative estimate of drug-likeness (QED) is 0.834. The minimum absolute atomic E-state index is 0.161. The van der Waals surface area contributed by atoms with Crippen molar-refractivity contribution in [3.63, 3.8) is 0 Å². The first-order valence-electron chi connectivity index (χ1n) is 6.21. The molecule has 1 saturated heterocycles. The second-order valence-corrected chi connectivity index (χ2v) is 4.33. The molecular weight excluding hydrogens is 214 g/mol. The number of imidazole rings is 1. The monoisotopic (exact) mass is 233 g/mol. The number of hydrogen-bond donors (Lipinski definition) is 1. The highest BCUT2D eigenvalue weighted by Crippen LogP contribution is 2.20. The molecule has 1 unspecified atom stereocenters. The van der Waals surface area contributed by atoms with Crippen molar-refractivity contribution < 1.29 is 0 Å². The first kappa shape index (κ1) is 12.1. The van der Waals surface area contributed by atoms with E-state index in [9.17, 15) is 5.26 Å². The van der Waals surface area contributed by atoms with Gasteiger partial charge in [0.05, 0.1) is 24.3 Å². The van der Waals surface area contributed by atoms with Gasteiger partial charge in [0.25, 0.3) is 0 Å². The molecule has 0 saturated carbocycles. The lowest BCUT2D eigenvalue weighted by Crippen LogP contribution is -2.45. The van der Waals surface area contributed by atoms with E-state index in [-0.39, 0.29) is 6.04 Å². The lowest BCUT2D eigenvalue weighted by molar-refractivity contribution is 0.201. The van der Waals surface area contributed by atoms with Gasteiger partial charge in [0.2, 0.25) is 0 Å². The summed E-state index contributed by atoms with van der Waals surface area (Å²) in [5.74, 6) is 0. The van der Waals surface area contributed by atoms with Crippen LogP contribution in [-0.4, -0.2) is 40.6 Å². The molecule has 0 spiro atoms. The number of nitrogens with zero attached hydrogens (tertiary/aromatic N) is 4. The summed E-state index contributed by atoms with van der Waals surface area (Å²) in [5.41, 5.74) is 1.02. The van der Waals surface area contributed by atoms with Gasteiger partial charge in [-0.3, -0.25) is 4.90 Å². The molecule has 2 heterocycles. The van der Waals surface area contributed by atoms with E-state index < -0.39 is 0 Å². The van der Waals surface area contributed by atoms with Crippen molar-refractivity contribution in [1.29, 1.82) is 5.26 Å². The number of nitriles is 1. The lowest BCUT2D eigenvalue weighted by atomic mass is 10.2. The maximum absolute atomic E-state index is 9.39. The molecule has 92 valence electrons. The summed E-state index contributed by atoms with van der Waals surface area (Å²) in [6, 6.07) is 2.25. The zero-order valence-electron chi connectivity index (χ0n) is 10.3. The fraction of sp³-hybridized carbons (Fsp3) is 0.667. The second kappa shape index (κ2) is 5.80. The molecule has 2 rings (SSSR count). The molecule has 1 aromatic rings. The third-order valence-electron chi connectivity index (χ3n) is 3.13. The summed E-state index contributed by atoms with van der Waals surface area (Å²) in [6.45, 7) is 6.83. The van der Waals surface area contributed by atoms with Crippen molar-refractivity contribution in [3.8, 4) is 6.07 Å². The molecule has 5 heteroatoms. The van der Waals surface area contributed by atoms with Crippen LogP contribution in [-0.2, 0) is 6.54 Å². The van der Waals surface area contributed by atoms with Crippen molar-refractivity contribution in [3.05, 3.63) is 18.2 Å². The Morgan fingerprint density at radius 2 is 2.29 bits per heavy atom. The fourth-order valence-corrected chi connectivity index (χ4v) is 2.26. The fourth-order valence-electron chi connectivity index (χ4n) is 2.26. The van der Waals surface area contributed by atoms with Gasteiger partial charge >= 0.3 is 0 Å². The first-order chi connectivity index (χ1) is 8.36. The Bertz CT molecular complexity index is 386. The average Bonchev–Trinajstić information content (AvgIpc) is 2.81. The summed E-state index contributed by atoms with van der Waals surface area (Å²) in [4.78, 5) is 6.40. The molecule has 0 amide bonds. The van der Waals surface area contributed by atoms with Crippen LogP contribution in [0.2, 0.25) is 0 Å². The van der Waals surface area contributed by atoms with Crippen molar-refractivity contribution in [2.75, 3.05) is 26.2 Å². The number of hydrogen-bond acceptors (Lipinski definition) is 4. The Kier molecular flexibility index (Phi) is 4.13. The summed E-state index contributed by atoms with van der Waals surface area (Å²) in [6.07, 6.45) is 4.71. The molecule has 0 aromatic carbocycles. The van der Waals surface area contributed by atoms with Gasteiger partial charge in [-0.1, -0.05) is 6.92 Å². The Hall–Kier alpha value is -1.38. The predicted molar refractivity (Wildman–Crippen MR) is 65.3 cm³/mol. The van der Waals surface area contributed by atoms with Gasteiger partial charge in [0, 0.05) is 32.7 Å². The van der Waals surface area contributed by atoms with E-state index in [1.807, 2.05) is 12.5 Å². The summed E-state index contributed by atoms with van der Waals surface area (Å²) in [7, 11) is 0. The normalized spacial score (nSPS) is 18.8. The van der Waals surface area contributed by atoms with Crippen LogP contribution in [0.3, 0.4) is 0 Å². The molecular formula is C12H19N5. The zero-order chi connectivity index (χ0) is 12.1. The van der Waals surface area contributed by atoms with Crippen molar-refractivity contribution in [2.45, 2.75) is 25.9 Å². The van der Waals surface area contributed by atoms with Crippen LogP contribution in [0.15, 0.2) is 12.5 Å². The molecule has 1 N–H and O–H groups in total. The molecule has 0 aliphatic carbocycles. The molecule has 1 aromatic heterocycles. The highest BCUT2D eigenvalue weighted by atomic mass is 15.2. The number of aryl methyl sites for hydroxylation is 1. The molecule has 0 radical (unpaired) electrons. The Labute approximate surface area is 102 Å². The molecule has 1 atom stereocenters. The number of rotatable bonds is 4. The van der Waals surface area contributed by atoms with Crippen LogP contribution in [0, 0.1) is 11.3 Å². The van der Waals surface area contributed by atoms with Crippen LogP contribution in [0.4, 0.5) is 0 Å². The van der Waals surface area contributed by atoms with Crippen LogP contribution < -0.4 is 5.32 Å². The number of aromatic nitrogens is 2. The third kappa shape index (κ3) is 2.65. The summed E-state index contributed by atoms with van der Waals surface area (Å²) >= 11 is 0. The second-order valence-electron chi connectivity index (χ2n) is 4.33. The molecule has 1 aliphatic rings. The molecule has 17 heavy (non-hydrogen) atoms. The van der Waals surface area contributed by atoms with E-state index in [2.05, 4.69) is 32.8 Å². The third-order valence-corrected chi connectivity index (χ3v) is 3.13. The summed E-state index contributed by atoms with van der Waals surface area (Å²) in [5, 5.41) is 12.7. The lowest BCUT2D eigenvalue weighted by Gasteiger charge is -2.31. The smallest absolute Gasteiger partial charge is 0.140 e. The first-order valence-corrected chi connectivity index (χ1v) is 6.21. The van der Waals surface area contributed by atoms with Crippen LogP contribution in [0.1, 0.15) is 25.1 Å². The minimum atomic E-state index is -0.161. The Morgan fingerprint density at radius 3 is 2.94 bits per heavy atom. The molecule has 1 fully saturated rings. The predicted octanol–water partition coefficient (Wildman–Crippen LogP) is 0.763. The van der Waals surface area contributed by atoms with Crippen molar-refractivity contribution >= 4 is 0 Å². The van der Waals surface area contributed by atoms with Gasteiger partial charge in [0.15, 0.2) is 0 Å². The van der Waals surface area contributed by atoms with Gasteiger partial charge in [0.1, 0.15) is 6.04 Å². The van der Waals surface area contributed by atoms with Gasteiger partial charge in [-0.2, -0.15) is 5.26 Å². The van der Waals surface area contributed by atoms with Gasteiger partial charge in [-0.15, -0.1) is 0 Å². The molecule has 5 nitrogen and oxygen atoms in total. The minimum Gasteiger partial charge on any atom is -0.332 e.